The summed E-state index contributed by atoms with van der Waals surface area (Å²) in [6.45, 7) is 0. The van der Waals surface area contributed by atoms with Crippen LogP contribution >= 0.6 is 37.9 Å². The molecule has 4 aliphatic carbocycles. The van der Waals surface area contributed by atoms with Crippen molar-refractivity contribution in [2.75, 3.05) is 0 Å². The first-order valence-corrected chi connectivity index (χ1v) is 18.6. The molecule has 0 aromatic heterocycles. The molecule has 2 atom stereocenters. The zero-order valence-electron chi connectivity index (χ0n) is 20.5. The van der Waals surface area contributed by atoms with Crippen LogP contribution in [0.15, 0.2) is 0 Å². The van der Waals surface area contributed by atoms with Gasteiger partial charge in [0.2, 0.25) is 0 Å². The van der Waals surface area contributed by atoms with Crippen molar-refractivity contribution < 1.29 is 38.3 Å². The average molecular weight is 588 g/mol. The van der Waals surface area contributed by atoms with Gasteiger partial charge in [-0.3, -0.25) is 0 Å². The van der Waals surface area contributed by atoms with Crippen molar-refractivity contribution in [2.24, 2.45) is 0 Å². The maximum Gasteiger partial charge on any atom is 2.00 e. The molecule has 4 nitrogen and oxygen atoms in total. The molecule has 0 heterocycles. The molecule has 4 aliphatic rings. The molecule has 33 heavy (non-hydrogen) atoms. The van der Waals surface area contributed by atoms with Crippen molar-refractivity contribution in [3.8, 4) is 0 Å². The Bertz CT molecular complexity index is 391. The van der Waals surface area contributed by atoms with Gasteiger partial charge in [0.1, 0.15) is 0 Å². The largest absolute Gasteiger partial charge is 2.00 e. The van der Waals surface area contributed by atoms with Crippen LogP contribution in [-0.4, -0.2) is 22.7 Å². The Hall–Kier alpha value is 2.02. The van der Waals surface area contributed by atoms with E-state index in [4.69, 9.17) is 9.05 Å². The monoisotopic (exact) mass is 586 g/mol. The summed E-state index contributed by atoms with van der Waals surface area (Å²) >= 11 is 3.20. The minimum absolute atomic E-state index is 0. The van der Waals surface area contributed by atoms with Crippen molar-refractivity contribution >= 4 is 37.9 Å². The zero-order chi connectivity index (χ0) is 22.4. The van der Waals surface area contributed by atoms with E-state index in [0.29, 0.717) is 10.5 Å². The maximum atomic E-state index is 11.9. The van der Waals surface area contributed by atoms with E-state index in [0.717, 1.165) is 25.7 Å². The van der Waals surface area contributed by atoms with E-state index in [1.165, 1.54) is 103 Å². The van der Waals surface area contributed by atoms with E-state index in [1.54, 1.807) is 22.8 Å². The molecular formula is C24H44O4P2S2Zn. The van der Waals surface area contributed by atoms with Gasteiger partial charge in [-0.05, 0) is 51.4 Å². The summed E-state index contributed by atoms with van der Waals surface area (Å²) in [7, 11) is -2.92. The first-order chi connectivity index (χ1) is 15.7. The van der Waals surface area contributed by atoms with Gasteiger partial charge in [-0.15, -0.1) is 22.8 Å². The van der Waals surface area contributed by atoms with Crippen molar-refractivity contribution in [1.82, 2.24) is 0 Å². The summed E-state index contributed by atoms with van der Waals surface area (Å²) < 4.78 is 11.3. The Balaban J connectivity index is 0.000000227. The third-order valence-corrected chi connectivity index (χ3v) is 13.3. The van der Waals surface area contributed by atoms with Crippen molar-refractivity contribution in [3.63, 3.8) is 0 Å². The van der Waals surface area contributed by atoms with Crippen LogP contribution in [0.1, 0.15) is 128 Å². The molecule has 9 heteroatoms. The van der Waals surface area contributed by atoms with Crippen LogP contribution in [0, 0.1) is 0 Å². The Labute approximate surface area is 226 Å². The van der Waals surface area contributed by atoms with Crippen LogP contribution in [0.4, 0.5) is 0 Å². The van der Waals surface area contributed by atoms with Gasteiger partial charge in [-0.1, -0.05) is 77.0 Å². The topological polar surface area (TPSA) is 64.6 Å². The summed E-state index contributed by atoms with van der Waals surface area (Å²) in [5.41, 5.74) is 0. The summed E-state index contributed by atoms with van der Waals surface area (Å²) in [5.74, 6) is 0. The van der Waals surface area contributed by atoms with E-state index in [2.05, 4.69) is 0 Å². The molecule has 0 bridgehead atoms. The Morgan fingerprint density at radius 1 is 0.455 bits per heavy atom. The smallest absolute Gasteiger partial charge is 0.800 e. The Kier molecular flexibility index (Phi) is 18.1. The molecule has 0 amide bonds. The number of hydrogen-bond acceptors (Lipinski definition) is 6. The first-order valence-electron chi connectivity index (χ1n) is 13.3. The third kappa shape index (κ3) is 13.9. The second-order valence-corrected chi connectivity index (χ2v) is 16.0. The predicted molar refractivity (Wildman–Crippen MR) is 139 cm³/mol. The van der Waals surface area contributed by atoms with Gasteiger partial charge >= 0.3 is 19.5 Å². The molecule has 2 unspecified atom stereocenters. The predicted octanol–water partition coefficient (Wildman–Crippen LogP) is 7.98. The summed E-state index contributed by atoms with van der Waals surface area (Å²) in [5, 5.41) is 1.20. The van der Waals surface area contributed by atoms with Gasteiger partial charge in [0.25, 0.3) is 0 Å². The number of hydrogen-bond donors (Lipinski definition) is 0. The van der Waals surface area contributed by atoms with E-state index in [9.17, 15) is 9.79 Å². The van der Waals surface area contributed by atoms with Gasteiger partial charge in [0, 0.05) is 25.7 Å². The molecule has 0 spiro atoms. The van der Waals surface area contributed by atoms with Crippen molar-refractivity contribution in [3.05, 3.63) is 0 Å². The van der Waals surface area contributed by atoms with Gasteiger partial charge in [0.15, 0.2) is 0 Å². The SMILES string of the molecule is [O-]P(OC1CCCCC1)SC1CCCCC1.[O-]P(OC1CCCCC1)SC1CCCCC1.[Zn+2]. The van der Waals surface area contributed by atoms with Crippen LogP contribution in [-0.2, 0) is 28.5 Å². The minimum Gasteiger partial charge on any atom is -0.800 e. The molecule has 0 aromatic carbocycles. The van der Waals surface area contributed by atoms with Crippen LogP contribution in [0.5, 0.6) is 0 Å². The third-order valence-electron chi connectivity index (χ3n) is 7.15. The molecule has 4 rings (SSSR count). The Morgan fingerprint density at radius 2 is 0.727 bits per heavy atom. The summed E-state index contributed by atoms with van der Waals surface area (Å²) in [6.07, 6.45) is 25.6. The van der Waals surface area contributed by atoms with Gasteiger partial charge in [-0.25, -0.2) is 0 Å². The molecule has 4 fully saturated rings. The van der Waals surface area contributed by atoms with Crippen molar-refractivity contribution in [1.29, 1.82) is 0 Å². The average Bonchev–Trinajstić information content (AvgIpc) is 2.82. The number of rotatable bonds is 8. The standard InChI is InChI=1S/2C12H22O2PS.Zn/c2*13-15(14-11-7-3-1-4-8-11)16-12-9-5-2-6-10-12;/h2*11-12H,1-10H2;/q2*-1;+2. The fourth-order valence-electron chi connectivity index (χ4n) is 5.22. The first kappa shape index (κ1) is 31.2. The van der Waals surface area contributed by atoms with Gasteiger partial charge < -0.3 is 18.8 Å². The van der Waals surface area contributed by atoms with Crippen LogP contribution in [0.25, 0.3) is 0 Å². The molecule has 0 saturated heterocycles. The normalized spacial score (nSPS) is 26.0. The second kappa shape index (κ2) is 19.1. The molecule has 0 aromatic rings. The van der Waals surface area contributed by atoms with Crippen LogP contribution in [0.3, 0.4) is 0 Å². The molecule has 0 N–H and O–H groups in total. The van der Waals surface area contributed by atoms with Crippen LogP contribution < -0.4 is 9.79 Å². The van der Waals surface area contributed by atoms with E-state index >= 15 is 0 Å². The zero-order valence-corrected chi connectivity index (χ0v) is 26.9. The maximum absolute atomic E-state index is 11.9. The van der Waals surface area contributed by atoms with E-state index in [1.807, 2.05) is 0 Å². The quantitative estimate of drug-likeness (QED) is 0.212. The van der Waals surface area contributed by atoms with Crippen LogP contribution in [0.2, 0.25) is 0 Å². The molecule has 0 radical (unpaired) electrons. The Morgan fingerprint density at radius 3 is 1.03 bits per heavy atom. The van der Waals surface area contributed by atoms with Gasteiger partial charge in [-0.2, -0.15) is 0 Å². The fourth-order valence-corrected chi connectivity index (χ4v) is 11.6. The molecule has 4 saturated carbocycles. The van der Waals surface area contributed by atoms with Gasteiger partial charge in [0.05, 0.1) is 12.2 Å². The summed E-state index contributed by atoms with van der Waals surface area (Å²) in [6, 6.07) is 0. The fraction of sp³-hybridized carbons (Fsp3) is 1.00. The van der Waals surface area contributed by atoms with Crippen molar-refractivity contribution in [2.45, 2.75) is 151 Å². The minimum atomic E-state index is -1.46. The van der Waals surface area contributed by atoms with E-state index in [-0.39, 0.29) is 31.7 Å². The molecule has 0 aliphatic heterocycles. The molecule has 188 valence electrons. The molecular weight excluding hydrogens is 544 g/mol. The summed E-state index contributed by atoms with van der Waals surface area (Å²) in [4.78, 5) is 23.7. The second-order valence-electron chi connectivity index (χ2n) is 9.91. The van der Waals surface area contributed by atoms with E-state index < -0.39 is 15.2 Å².